The van der Waals surface area contributed by atoms with Gasteiger partial charge in [0.2, 0.25) is 35.4 Å². The molecule has 0 unspecified atom stereocenters. The number of amides is 7. The van der Waals surface area contributed by atoms with Crippen LogP contribution in [0.1, 0.15) is 80.2 Å². The van der Waals surface area contributed by atoms with E-state index in [2.05, 4.69) is 5.32 Å². The van der Waals surface area contributed by atoms with Gasteiger partial charge in [0.1, 0.15) is 41.9 Å². The first-order valence-electron chi connectivity index (χ1n) is 20.5. The summed E-state index contributed by atoms with van der Waals surface area (Å²) in [5.41, 5.74) is -0.0304. The minimum atomic E-state index is -1.31. The number of methoxy groups -OCH3 is 1. The zero-order valence-electron chi connectivity index (χ0n) is 38.3. The van der Waals surface area contributed by atoms with Crippen LogP contribution in [0.5, 0.6) is 0 Å². The average Bonchev–Trinajstić information content (AvgIpc) is 3.69. The highest BCUT2D eigenvalue weighted by atomic mass is 16.6. The summed E-state index contributed by atoms with van der Waals surface area (Å²) in [5.74, 6) is -4.81. The summed E-state index contributed by atoms with van der Waals surface area (Å²) in [6, 6.07) is 2.73. The Balaban J connectivity index is 2.47. The van der Waals surface area contributed by atoms with Crippen molar-refractivity contribution < 1.29 is 47.8 Å². The zero-order chi connectivity index (χ0) is 46.0. The molecule has 60 heavy (non-hydrogen) atoms. The first-order valence-corrected chi connectivity index (χ1v) is 20.5. The van der Waals surface area contributed by atoms with Crippen LogP contribution in [0.4, 0.5) is 4.79 Å². The van der Waals surface area contributed by atoms with Crippen molar-refractivity contribution in [1.29, 1.82) is 0 Å². The van der Waals surface area contributed by atoms with Crippen LogP contribution in [-0.2, 0) is 49.5 Å². The van der Waals surface area contributed by atoms with E-state index in [-0.39, 0.29) is 19.4 Å². The number of nitrogens with zero attached hydrogens (tertiary/aromatic N) is 6. The van der Waals surface area contributed by atoms with E-state index in [1.807, 2.05) is 30.3 Å². The lowest BCUT2D eigenvalue weighted by Gasteiger charge is -2.41. The molecule has 17 nitrogen and oxygen atoms in total. The predicted molar refractivity (Wildman–Crippen MR) is 225 cm³/mol. The summed E-state index contributed by atoms with van der Waals surface area (Å²) >= 11 is 0. The van der Waals surface area contributed by atoms with Crippen LogP contribution in [0, 0.1) is 11.8 Å². The predicted octanol–water partition coefficient (Wildman–Crippen LogP) is 2.40. The Morgan fingerprint density at radius 2 is 1.28 bits per heavy atom. The van der Waals surface area contributed by atoms with Crippen molar-refractivity contribution in [2.75, 3.05) is 55.9 Å². The highest BCUT2D eigenvalue weighted by Crippen LogP contribution is 2.27. The lowest BCUT2D eigenvalue weighted by molar-refractivity contribution is -0.158. The van der Waals surface area contributed by atoms with E-state index in [1.54, 1.807) is 48.5 Å². The molecule has 1 aromatic carbocycles. The highest BCUT2D eigenvalue weighted by molar-refractivity contribution is 5.98. The fourth-order valence-corrected chi connectivity index (χ4v) is 7.47. The van der Waals surface area contributed by atoms with E-state index in [4.69, 9.17) is 9.47 Å². The summed E-state index contributed by atoms with van der Waals surface area (Å²) < 4.78 is 10.4. The molecule has 0 spiro atoms. The number of likely N-dealkylation sites (N-methyl/N-ethyl adjacent to an activating group) is 5. The molecule has 1 N–H and O–H groups in total. The van der Waals surface area contributed by atoms with Crippen molar-refractivity contribution in [2.24, 2.45) is 11.8 Å². The molecule has 0 radical (unpaired) electrons. The standard InChI is InChI=1S/C43H69N7O10/c1-26(2)34(48(13)38(54)31(24-29-20-17-16-18-21-29)47(12)42(58)60-43(6,7)8)39(55)49(14)35(27(3)4)40(56)50-23-19-22-30(50)36(52)46(11)32(25-33(51)44-9)37(53)45(10)28(5)41(57)59-15/h16-18,20-21,26-28,30-32,34-35H,19,22-25H2,1-15H3,(H,44,51)/t28-,30-,31-,32-,34-,35-/m0/s1. The maximum absolute atomic E-state index is 14.6. The maximum Gasteiger partial charge on any atom is 0.410 e. The summed E-state index contributed by atoms with van der Waals surface area (Å²) in [6.07, 6.45) is -0.215. The Bertz CT molecular complexity index is 1700. The molecule has 336 valence electrons. The molecule has 0 aliphatic carbocycles. The highest BCUT2D eigenvalue weighted by Gasteiger charge is 2.46. The van der Waals surface area contributed by atoms with Crippen molar-refractivity contribution in [3.8, 4) is 0 Å². The van der Waals surface area contributed by atoms with E-state index in [1.165, 1.54) is 75.9 Å². The average molecular weight is 844 g/mol. The molecule has 1 saturated heterocycles. The number of carbonyl (C=O) groups excluding carboxylic acids is 8. The quantitative estimate of drug-likeness (QED) is 0.229. The molecule has 17 heteroatoms. The minimum Gasteiger partial charge on any atom is -0.467 e. The molecule has 0 aromatic heterocycles. The van der Waals surface area contributed by atoms with Crippen molar-refractivity contribution in [1.82, 2.24) is 34.7 Å². The van der Waals surface area contributed by atoms with Crippen molar-refractivity contribution in [2.45, 2.75) is 123 Å². The number of esters is 1. The number of carbonyl (C=O) groups is 8. The monoisotopic (exact) mass is 844 g/mol. The van der Waals surface area contributed by atoms with Gasteiger partial charge in [-0.1, -0.05) is 58.0 Å². The molecule has 2 rings (SSSR count). The molecule has 0 bridgehead atoms. The van der Waals surface area contributed by atoms with E-state index < -0.39 is 108 Å². The van der Waals surface area contributed by atoms with Gasteiger partial charge >= 0.3 is 12.1 Å². The molecule has 7 amide bonds. The molecule has 1 heterocycles. The molecule has 1 aromatic rings. The molecular formula is C43H69N7O10. The molecular weight excluding hydrogens is 775 g/mol. The van der Waals surface area contributed by atoms with E-state index in [0.29, 0.717) is 6.42 Å². The second-order valence-corrected chi connectivity index (χ2v) is 17.3. The number of hydrogen-bond donors (Lipinski definition) is 1. The minimum absolute atomic E-state index is 0.149. The number of hydrogen-bond acceptors (Lipinski definition) is 10. The maximum atomic E-state index is 14.6. The van der Waals surface area contributed by atoms with Gasteiger partial charge in [-0.2, -0.15) is 0 Å². The molecule has 1 aliphatic rings. The summed E-state index contributed by atoms with van der Waals surface area (Å²) in [6.45, 7) is 14.0. The number of benzene rings is 1. The van der Waals surface area contributed by atoms with E-state index >= 15 is 0 Å². The van der Waals surface area contributed by atoms with Crippen LogP contribution in [0.2, 0.25) is 0 Å². The Kier molecular flexibility index (Phi) is 18.6. The largest absolute Gasteiger partial charge is 0.467 e. The second kappa shape index (κ2) is 21.9. The van der Waals surface area contributed by atoms with Crippen LogP contribution in [0.3, 0.4) is 0 Å². The number of nitrogens with one attached hydrogen (secondary N) is 1. The van der Waals surface area contributed by atoms with Crippen LogP contribution in [0.25, 0.3) is 0 Å². The SMILES string of the molecule is CNC(=O)C[C@@H](C(=O)N(C)[C@@H](C)C(=O)OC)N(C)C(=O)[C@@H]1CCCN1C(=O)[C@H](C(C)C)N(C)C(=O)[C@H](C(C)C)N(C)C(=O)[C@H](Cc1ccccc1)N(C)C(=O)OC(C)(C)C. The lowest BCUT2D eigenvalue weighted by atomic mass is 9.95. The van der Waals surface area contributed by atoms with Gasteiger partial charge in [0.25, 0.3) is 0 Å². The third-order valence-electron chi connectivity index (χ3n) is 11.1. The Morgan fingerprint density at radius 1 is 0.750 bits per heavy atom. The second-order valence-electron chi connectivity index (χ2n) is 17.3. The Hall–Kier alpha value is -5.22. The normalized spacial score (nSPS) is 16.5. The number of likely N-dealkylation sites (tertiary alicyclic amines) is 1. The molecule has 1 aliphatic heterocycles. The fraction of sp³-hybridized carbons (Fsp3) is 0.674. The zero-order valence-corrected chi connectivity index (χ0v) is 38.3. The van der Waals surface area contributed by atoms with E-state index in [9.17, 15) is 38.4 Å². The third kappa shape index (κ3) is 12.6. The molecule has 0 saturated carbocycles. The Labute approximate surface area is 356 Å². The van der Waals surface area contributed by atoms with Gasteiger partial charge in [-0.3, -0.25) is 33.7 Å². The Morgan fingerprint density at radius 3 is 1.78 bits per heavy atom. The fourth-order valence-electron chi connectivity index (χ4n) is 7.47. The summed E-state index contributed by atoms with van der Waals surface area (Å²) in [7, 11) is 9.85. The third-order valence-corrected chi connectivity index (χ3v) is 11.1. The smallest absolute Gasteiger partial charge is 0.410 e. The van der Waals surface area contributed by atoms with Gasteiger partial charge in [0.05, 0.1) is 13.5 Å². The lowest BCUT2D eigenvalue weighted by Crippen LogP contribution is -2.62. The van der Waals surface area contributed by atoms with Gasteiger partial charge in [-0.05, 0) is 57.9 Å². The first-order chi connectivity index (χ1) is 27.8. The van der Waals surface area contributed by atoms with Crippen LogP contribution in [-0.4, -0.2) is 175 Å². The van der Waals surface area contributed by atoms with Gasteiger partial charge in [-0.15, -0.1) is 0 Å². The molecule has 6 atom stereocenters. The first kappa shape index (κ1) is 50.9. The van der Waals surface area contributed by atoms with E-state index in [0.717, 1.165) is 15.4 Å². The van der Waals surface area contributed by atoms with Gasteiger partial charge in [-0.25, -0.2) is 9.59 Å². The summed E-state index contributed by atoms with van der Waals surface area (Å²) in [4.78, 5) is 118. The van der Waals surface area contributed by atoms with Crippen LogP contribution in [0.15, 0.2) is 30.3 Å². The van der Waals surface area contributed by atoms with Crippen LogP contribution < -0.4 is 5.32 Å². The van der Waals surface area contributed by atoms with Crippen molar-refractivity contribution in [3.05, 3.63) is 35.9 Å². The van der Waals surface area contributed by atoms with Crippen molar-refractivity contribution in [3.63, 3.8) is 0 Å². The topological polar surface area (TPSA) is 186 Å². The number of rotatable bonds is 17. The van der Waals surface area contributed by atoms with Crippen molar-refractivity contribution >= 4 is 47.5 Å². The van der Waals surface area contributed by atoms with Crippen LogP contribution >= 0.6 is 0 Å². The summed E-state index contributed by atoms with van der Waals surface area (Å²) in [5, 5.41) is 2.47. The van der Waals surface area contributed by atoms with Gasteiger partial charge in [0.15, 0.2) is 0 Å². The molecule has 1 fully saturated rings. The van der Waals surface area contributed by atoms with Gasteiger partial charge in [0, 0.05) is 55.3 Å². The number of ether oxygens (including phenoxy) is 2. The van der Waals surface area contributed by atoms with Gasteiger partial charge < -0.3 is 39.3 Å².